The maximum atomic E-state index is 12.2. The smallest absolute Gasteiger partial charge is 0.271 e. The molecule has 0 aromatic carbocycles. The third-order valence-corrected chi connectivity index (χ3v) is 5.50. The second-order valence-corrected chi connectivity index (χ2v) is 7.25. The van der Waals surface area contributed by atoms with Gasteiger partial charge in [-0.15, -0.1) is 11.3 Å². The van der Waals surface area contributed by atoms with Crippen LogP contribution in [0.4, 0.5) is 5.69 Å². The number of hydrogen-bond donors (Lipinski definition) is 1. The zero-order chi connectivity index (χ0) is 13.5. The van der Waals surface area contributed by atoms with Gasteiger partial charge in [0.2, 0.25) is 0 Å². The topological polar surface area (TPSA) is 63.5 Å². The molecule has 0 saturated carbocycles. The van der Waals surface area contributed by atoms with Gasteiger partial charge in [0.05, 0.1) is 5.69 Å². The van der Waals surface area contributed by atoms with Crippen molar-refractivity contribution < 1.29 is 8.42 Å². The summed E-state index contributed by atoms with van der Waals surface area (Å²) in [7, 11) is -3.55. The van der Waals surface area contributed by atoms with Crippen molar-refractivity contribution in [3.05, 3.63) is 47.7 Å². The predicted octanol–water partition coefficient (Wildman–Crippen LogP) is 2.51. The number of imidazole rings is 1. The Bertz CT molecular complexity index is 833. The summed E-state index contributed by atoms with van der Waals surface area (Å²) >= 11 is 1.24. The van der Waals surface area contributed by atoms with Gasteiger partial charge in [0, 0.05) is 23.5 Å². The minimum Gasteiger partial charge on any atom is -0.305 e. The van der Waals surface area contributed by atoms with Gasteiger partial charge in [-0.05, 0) is 31.2 Å². The van der Waals surface area contributed by atoms with Crippen LogP contribution in [0.25, 0.3) is 5.65 Å². The first-order chi connectivity index (χ1) is 9.06. The highest BCUT2D eigenvalue weighted by Crippen LogP contribution is 2.24. The molecule has 3 aromatic rings. The molecule has 0 atom stereocenters. The standard InChI is InChI=1S/C12H11N3O2S2/c1-9-4-5-11(18-9)19(16,17)14-10-3-2-7-15-8-6-13-12(10)15/h2-8,14H,1H3. The van der Waals surface area contributed by atoms with Crippen molar-refractivity contribution in [2.75, 3.05) is 4.72 Å². The summed E-state index contributed by atoms with van der Waals surface area (Å²) in [6.45, 7) is 1.87. The molecule has 0 radical (unpaired) electrons. The molecule has 0 aliphatic heterocycles. The van der Waals surface area contributed by atoms with Crippen molar-refractivity contribution in [3.8, 4) is 0 Å². The summed E-state index contributed by atoms with van der Waals surface area (Å²) in [4.78, 5) is 5.10. The maximum absolute atomic E-state index is 12.2. The summed E-state index contributed by atoms with van der Waals surface area (Å²) in [5.41, 5.74) is 1.05. The summed E-state index contributed by atoms with van der Waals surface area (Å²) in [5, 5.41) is 0. The zero-order valence-corrected chi connectivity index (χ0v) is 11.7. The van der Waals surface area contributed by atoms with Crippen LogP contribution in [0, 0.1) is 6.92 Å². The predicted molar refractivity (Wildman–Crippen MR) is 75.1 cm³/mol. The fourth-order valence-electron chi connectivity index (χ4n) is 1.78. The molecule has 0 unspecified atom stereocenters. The zero-order valence-electron chi connectivity index (χ0n) is 10.1. The van der Waals surface area contributed by atoms with Crippen molar-refractivity contribution >= 4 is 32.7 Å². The third kappa shape index (κ3) is 2.22. The molecule has 0 fully saturated rings. The number of hydrogen-bond acceptors (Lipinski definition) is 4. The second kappa shape index (κ2) is 4.36. The van der Waals surface area contributed by atoms with Gasteiger partial charge in [-0.2, -0.15) is 0 Å². The molecule has 98 valence electrons. The molecule has 1 N–H and O–H groups in total. The van der Waals surface area contributed by atoms with E-state index < -0.39 is 10.0 Å². The molecular formula is C12H11N3O2S2. The van der Waals surface area contributed by atoms with E-state index in [4.69, 9.17) is 0 Å². The number of fused-ring (bicyclic) bond motifs is 1. The minimum absolute atomic E-state index is 0.304. The average molecular weight is 293 g/mol. The van der Waals surface area contributed by atoms with Crippen LogP contribution in [0.2, 0.25) is 0 Å². The highest BCUT2D eigenvalue weighted by Gasteiger charge is 2.17. The van der Waals surface area contributed by atoms with Crippen molar-refractivity contribution in [2.24, 2.45) is 0 Å². The molecule has 3 heterocycles. The first-order valence-electron chi connectivity index (χ1n) is 5.57. The maximum Gasteiger partial charge on any atom is 0.271 e. The van der Waals surface area contributed by atoms with Gasteiger partial charge < -0.3 is 4.40 Å². The average Bonchev–Trinajstić information content (AvgIpc) is 2.97. The van der Waals surface area contributed by atoms with Gasteiger partial charge in [0.1, 0.15) is 4.21 Å². The number of thiophene rings is 1. The minimum atomic E-state index is -3.55. The van der Waals surface area contributed by atoms with E-state index in [2.05, 4.69) is 9.71 Å². The lowest BCUT2D eigenvalue weighted by Gasteiger charge is -2.07. The first kappa shape index (κ1) is 12.2. The SMILES string of the molecule is Cc1ccc(S(=O)(=O)Nc2cccn3ccnc23)s1. The number of sulfonamides is 1. The molecule has 0 amide bonds. The van der Waals surface area contributed by atoms with E-state index in [0.29, 0.717) is 15.5 Å². The summed E-state index contributed by atoms with van der Waals surface area (Å²) < 4.78 is 29.1. The van der Waals surface area contributed by atoms with Crippen molar-refractivity contribution in [1.82, 2.24) is 9.38 Å². The molecular weight excluding hydrogens is 282 g/mol. The van der Waals surface area contributed by atoms with E-state index >= 15 is 0 Å². The van der Waals surface area contributed by atoms with E-state index in [1.165, 1.54) is 11.3 Å². The van der Waals surface area contributed by atoms with Gasteiger partial charge in [-0.1, -0.05) is 0 Å². The number of pyridine rings is 1. The van der Waals surface area contributed by atoms with Gasteiger partial charge >= 0.3 is 0 Å². The number of aryl methyl sites for hydroxylation is 1. The Morgan fingerprint density at radius 3 is 2.84 bits per heavy atom. The molecule has 0 aliphatic carbocycles. The van der Waals surface area contributed by atoms with E-state index in [1.54, 1.807) is 41.1 Å². The van der Waals surface area contributed by atoms with Crippen LogP contribution < -0.4 is 4.72 Å². The Balaban J connectivity index is 2.03. The molecule has 0 aliphatic rings. The largest absolute Gasteiger partial charge is 0.305 e. The summed E-state index contributed by atoms with van der Waals surface area (Å²) in [6, 6.07) is 6.86. The fourth-order valence-corrected chi connectivity index (χ4v) is 4.12. The van der Waals surface area contributed by atoms with Crippen molar-refractivity contribution in [2.45, 2.75) is 11.1 Å². The lowest BCUT2D eigenvalue weighted by molar-refractivity contribution is 0.603. The molecule has 3 rings (SSSR count). The number of aromatic nitrogens is 2. The van der Waals surface area contributed by atoms with Gasteiger partial charge in [0.25, 0.3) is 10.0 Å². The number of nitrogens with one attached hydrogen (secondary N) is 1. The number of nitrogens with zero attached hydrogens (tertiary/aromatic N) is 2. The Kier molecular flexibility index (Phi) is 2.79. The van der Waals surface area contributed by atoms with Crippen LogP contribution >= 0.6 is 11.3 Å². The monoisotopic (exact) mass is 293 g/mol. The van der Waals surface area contributed by atoms with Crippen LogP contribution in [0.3, 0.4) is 0 Å². The summed E-state index contributed by atoms with van der Waals surface area (Å²) in [6.07, 6.45) is 5.21. The molecule has 3 aromatic heterocycles. The number of rotatable bonds is 3. The van der Waals surface area contributed by atoms with Crippen molar-refractivity contribution in [1.29, 1.82) is 0 Å². The van der Waals surface area contributed by atoms with Crippen LogP contribution in [-0.4, -0.2) is 17.8 Å². The Hall–Kier alpha value is -1.86. The van der Waals surface area contributed by atoms with E-state index in [1.807, 2.05) is 13.1 Å². The quantitative estimate of drug-likeness (QED) is 0.807. The van der Waals surface area contributed by atoms with E-state index in [-0.39, 0.29) is 0 Å². The molecule has 7 heteroatoms. The van der Waals surface area contributed by atoms with E-state index in [0.717, 1.165) is 4.88 Å². The highest BCUT2D eigenvalue weighted by atomic mass is 32.2. The lowest BCUT2D eigenvalue weighted by Crippen LogP contribution is -2.12. The van der Waals surface area contributed by atoms with Crippen LogP contribution in [-0.2, 0) is 10.0 Å². The van der Waals surface area contributed by atoms with E-state index in [9.17, 15) is 8.42 Å². The van der Waals surface area contributed by atoms with Crippen LogP contribution in [0.1, 0.15) is 4.88 Å². The van der Waals surface area contributed by atoms with Gasteiger partial charge in [0.15, 0.2) is 5.65 Å². The van der Waals surface area contributed by atoms with Crippen LogP contribution in [0.15, 0.2) is 47.1 Å². The van der Waals surface area contributed by atoms with Gasteiger partial charge in [-0.3, -0.25) is 4.72 Å². The first-order valence-corrected chi connectivity index (χ1v) is 7.87. The molecule has 0 spiro atoms. The fraction of sp³-hybridized carbons (Fsp3) is 0.0833. The molecule has 0 bridgehead atoms. The third-order valence-electron chi connectivity index (χ3n) is 2.64. The molecule has 0 saturated heterocycles. The Labute approximate surface area is 114 Å². The molecule has 19 heavy (non-hydrogen) atoms. The number of anilines is 1. The van der Waals surface area contributed by atoms with Gasteiger partial charge in [-0.25, -0.2) is 13.4 Å². The molecule has 5 nitrogen and oxygen atoms in total. The van der Waals surface area contributed by atoms with Crippen molar-refractivity contribution in [3.63, 3.8) is 0 Å². The normalized spacial score (nSPS) is 11.8. The second-order valence-electron chi connectivity index (χ2n) is 4.05. The Morgan fingerprint density at radius 2 is 2.11 bits per heavy atom. The van der Waals surface area contributed by atoms with Crippen LogP contribution in [0.5, 0.6) is 0 Å². The Morgan fingerprint density at radius 1 is 1.26 bits per heavy atom. The summed E-state index contributed by atoms with van der Waals surface area (Å²) in [5.74, 6) is 0. The highest BCUT2D eigenvalue weighted by molar-refractivity contribution is 7.94. The lowest BCUT2D eigenvalue weighted by atomic mass is 10.4.